The lowest BCUT2D eigenvalue weighted by Crippen LogP contribution is -1.98. The monoisotopic (exact) mass is 403 g/mol. The van der Waals surface area contributed by atoms with E-state index in [4.69, 9.17) is 5.73 Å². The van der Waals surface area contributed by atoms with Gasteiger partial charge in [-0.25, -0.2) is 9.97 Å². The van der Waals surface area contributed by atoms with Gasteiger partial charge in [0.2, 0.25) is 5.95 Å². The quantitative estimate of drug-likeness (QED) is 0.659. The molecule has 0 bridgehead atoms. The largest absolute Gasteiger partial charge is 0.368 e. The fraction of sp³-hybridized carbons (Fsp3) is 0. The molecule has 1 heterocycles. The molecular weight excluding hydrogens is 394 g/mol. The van der Waals surface area contributed by atoms with Crippen LogP contribution in [0.25, 0.3) is 22.5 Å². The number of nitrogen functional groups attached to an aromatic ring is 1. The lowest BCUT2D eigenvalue weighted by atomic mass is 10.1. The summed E-state index contributed by atoms with van der Waals surface area (Å²) in [5.41, 5.74) is 9.49. The maximum absolute atomic E-state index is 5.85. The minimum atomic E-state index is 0.272. The highest BCUT2D eigenvalue weighted by atomic mass is 79.9. The van der Waals surface area contributed by atoms with Crippen molar-refractivity contribution in [1.82, 2.24) is 9.97 Å². The smallest absolute Gasteiger partial charge is 0.221 e. The fourth-order valence-electron chi connectivity index (χ4n) is 2.00. The Balaban J connectivity index is 2.07. The third-order valence-corrected chi connectivity index (χ3v) is 4.08. The highest BCUT2D eigenvalue weighted by molar-refractivity contribution is 9.10. The molecule has 0 amide bonds. The molecule has 1 aromatic heterocycles. The van der Waals surface area contributed by atoms with Crippen LogP contribution in [0.2, 0.25) is 0 Å². The average Bonchev–Trinajstić information content (AvgIpc) is 2.48. The Bertz CT molecular complexity index is 705. The van der Waals surface area contributed by atoms with E-state index in [1.807, 2.05) is 54.6 Å². The van der Waals surface area contributed by atoms with Crippen molar-refractivity contribution in [3.05, 3.63) is 63.5 Å². The summed E-state index contributed by atoms with van der Waals surface area (Å²) < 4.78 is 2.06. The molecule has 21 heavy (non-hydrogen) atoms. The minimum Gasteiger partial charge on any atom is -0.368 e. The summed E-state index contributed by atoms with van der Waals surface area (Å²) in [6.07, 6.45) is 0. The number of anilines is 1. The van der Waals surface area contributed by atoms with Crippen LogP contribution in [-0.4, -0.2) is 9.97 Å². The van der Waals surface area contributed by atoms with E-state index in [1.54, 1.807) is 0 Å². The molecule has 0 aliphatic rings. The molecule has 0 unspecified atom stereocenters. The molecule has 0 fully saturated rings. The number of hydrogen-bond donors (Lipinski definition) is 1. The van der Waals surface area contributed by atoms with Gasteiger partial charge in [0.15, 0.2) is 0 Å². The number of nitrogens with zero attached hydrogens (tertiary/aromatic N) is 2. The second kappa shape index (κ2) is 5.95. The lowest BCUT2D eigenvalue weighted by molar-refractivity contribution is 1.19. The van der Waals surface area contributed by atoms with Crippen LogP contribution in [0.3, 0.4) is 0 Å². The Morgan fingerprint density at radius 2 is 1.05 bits per heavy atom. The Kier molecular flexibility index (Phi) is 4.03. The zero-order chi connectivity index (χ0) is 14.8. The highest BCUT2D eigenvalue weighted by Crippen LogP contribution is 2.26. The van der Waals surface area contributed by atoms with Crippen molar-refractivity contribution in [2.75, 3.05) is 5.73 Å². The van der Waals surface area contributed by atoms with E-state index in [0.29, 0.717) is 0 Å². The first-order valence-corrected chi connectivity index (χ1v) is 7.87. The van der Waals surface area contributed by atoms with Gasteiger partial charge in [0.05, 0.1) is 11.4 Å². The SMILES string of the molecule is Nc1nc(-c2ccc(Br)cc2)cc(-c2ccc(Br)cc2)n1. The van der Waals surface area contributed by atoms with Crippen molar-refractivity contribution in [1.29, 1.82) is 0 Å². The molecule has 3 rings (SSSR count). The summed E-state index contributed by atoms with van der Waals surface area (Å²) in [4.78, 5) is 8.64. The Morgan fingerprint density at radius 3 is 1.43 bits per heavy atom. The van der Waals surface area contributed by atoms with Crippen LogP contribution in [-0.2, 0) is 0 Å². The van der Waals surface area contributed by atoms with Gasteiger partial charge in [0.1, 0.15) is 0 Å². The van der Waals surface area contributed by atoms with Crippen molar-refractivity contribution < 1.29 is 0 Å². The number of hydrogen-bond acceptors (Lipinski definition) is 3. The molecule has 0 saturated heterocycles. The maximum Gasteiger partial charge on any atom is 0.221 e. The summed E-state index contributed by atoms with van der Waals surface area (Å²) in [5.74, 6) is 0.272. The third kappa shape index (κ3) is 3.31. The first kappa shape index (κ1) is 14.2. The molecule has 0 saturated carbocycles. The van der Waals surface area contributed by atoms with Gasteiger partial charge < -0.3 is 5.73 Å². The number of benzene rings is 2. The predicted octanol–water partition coefficient (Wildman–Crippen LogP) is 4.92. The lowest BCUT2D eigenvalue weighted by Gasteiger charge is -2.07. The summed E-state index contributed by atoms with van der Waals surface area (Å²) in [6, 6.07) is 17.9. The molecule has 0 spiro atoms. The van der Waals surface area contributed by atoms with Crippen LogP contribution >= 0.6 is 31.9 Å². The fourth-order valence-corrected chi connectivity index (χ4v) is 2.53. The van der Waals surface area contributed by atoms with E-state index >= 15 is 0 Å². The number of nitrogens with two attached hydrogens (primary N) is 1. The van der Waals surface area contributed by atoms with Crippen molar-refractivity contribution in [2.24, 2.45) is 0 Å². The topological polar surface area (TPSA) is 51.8 Å². The van der Waals surface area contributed by atoms with Crippen LogP contribution in [0.1, 0.15) is 0 Å². The van der Waals surface area contributed by atoms with Crippen LogP contribution in [0.4, 0.5) is 5.95 Å². The maximum atomic E-state index is 5.85. The van der Waals surface area contributed by atoms with Crippen LogP contribution in [0.15, 0.2) is 63.5 Å². The van der Waals surface area contributed by atoms with E-state index < -0.39 is 0 Å². The first-order chi connectivity index (χ1) is 10.1. The van der Waals surface area contributed by atoms with Crippen LogP contribution < -0.4 is 5.73 Å². The predicted molar refractivity (Wildman–Crippen MR) is 92.7 cm³/mol. The summed E-state index contributed by atoms with van der Waals surface area (Å²) >= 11 is 6.86. The summed E-state index contributed by atoms with van der Waals surface area (Å²) in [5, 5.41) is 0. The molecule has 5 heteroatoms. The van der Waals surface area contributed by atoms with E-state index in [2.05, 4.69) is 41.8 Å². The van der Waals surface area contributed by atoms with Crippen molar-refractivity contribution in [2.45, 2.75) is 0 Å². The first-order valence-electron chi connectivity index (χ1n) is 6.28. The zero-order valence-electron chi connectivity index (χ0n) is 10.9. The molecule has 0 radical (unpaired) electrons. The van der Waals surface area contributed by atoms with E-state index in [9.17, 15) is 0 Å². The molecule has 0 aliphatic heterocycles. The zero-order valence-corrected chi connectivity index (χ0v) is 14.1. The number of halogens is 2. The standard InChI is InChI=1S/C16H11Br2N3/c17-12-5-1-10(2-6-12)14-9-15(21-16(19)20-14)11-3-7-13(18)8-4-11/h1-9H,(H2,19,20,21). The van der Waals surface area contributed by atoms with Crippen molar-refractivity contribution in [3.8, 4) is 22.5 Å². The third-order valence-electron chi connectivity index (χ3n) is 3.02. The Hall–Kier alpha value is -1.72. The molecular formula is C16H11Br2N3. The molecule has 104 valence electrons. The average molecular weight is 405 g/mol. The van der Waals surface area contributed by atoms with Gasteiger partial charge in [-0.2, -0.15) is 0 Å². The normalized spacial score (nSPS) is 10.6. The Labute approximate surface area is 139 Å². The van der Waals surface area contributed by atoms with E-state index in [1.165, 1.54) is 0 Å². The second-order valence-corrected chi connectivity index (χ2v) is 6.34. The molecule has 0 atom stereocenters. The van der Waals surface area contributed by atoms with Gasteiger partial charge in [-0.3, -0.25) is 0 Å². The summed E-state index contributed by atoms with van der Waals surface area (Å²) in [7, 11) is 0. The molecule has 2 N–H and O–H groups in total. The van der Waals surface area contributed by atoms with Crippen molar-refractivity contribution in [3.63, 3.8) is 0 Å². The van der Waals surface area contributed by atoms with Crippen LogP contribution in [0, 0.1) is 0 Å². The minimum absolute atomic E-state index is 0.272. The number of aromatic nitrogens is 2. The van der Waals surface area contributed by atoms with Gasteiger partial charge in [-0.05, 0) is 30.3 Å². The van der Waals surface area contributed by atoms with Crippen molar-refractivity contribution >= 4 is 37.8 Å². The van der Waals surface area contributed by atoms with Crippen LogP contribution in [0.5, 0.6) is 0 Å². The van der Waals surface area contributed by atoms with Gasteiger partial charge in [-0.1, -0.05) is 56.1 Å². The highest BCUT2D eigenvalue weighted by Gasteiger charge is 2.07. The molecule has 2 aromatic carbocycles. The van der Waals surface area contributed by atoms with E-state index in [0.717, 1.165) is 31.5 Å². The summed E-state index contributed by atoms with van der Waals surface area (Å²) in [6.45, 7) is 0. The van der Waals surface area contributed by atoms with Gasteiger partial charge in [-0.15, -0.1) is 0 Å². The number of rotatable bonds is 2. The van der Waals surface area contributed by atoms with Gasteiger partial charge in [0, 0.05) is 20.1 Å². The molecule has 0 aliphatic carbocycles. The van der Waals surface area contributed by atoms with Gasteiger partial charge in [0.25, 0.3) is 0 Å². The van der Waals surface area contributed by atoms with E-state index in [-0.39, 0.29) is 5.95 Å². The van der Waals surface area contributed by atoms with Gasteiger partial charge >= 0.3 is 0 Å². The Morgan fingerprint density at radius 1 is 0.667 bits per heavy atom. The second-order valence-electron chi connectivity index (χ2n) is 4.51. The molecule has 3 aromatic rings. The molecule has 3 nitrogen and oxygen atoms in total.